The maximum atomic E-state index is 11.6. The maximum absolute atomic E-state index is 11.6. The van der Waals surface area contributed by atoms with Gasteiger partial charge in [-0.15, -0.1) is 0 Å². The van der Waals surface area contributed by atoms with Crippen molar-refractivity contribution in [2.45, 2.75) is 51.9 Å². The van der Waals surface area contributed by atoms with E-state index in [9.17, 15) is 4.79 Å². The van der Waals surface area contributed by atoms with Crippen molar-refractivity contribution < 1.29 is 14.3 Å². The largest absolute Gasteiger partial charge is 0.444 e. The minimum atomic E-state index is -0.472. The van der Waals surface area contributed by atoms with E-state index in [2.05, 4.69) is 11.9 Å². The summed E-state index contributed by atoms with van der Waals surface area (Å²) in [4.78, 5) is 11.6. The fourth-order valence-corrected chi connectivity index (χ4v) is 1.53. The molecule has 0 aliphatic carbocycles. The number of amides is 1. The van der Waals surface area contributed by atoms with Gasteiger partial charge in [0.1, 0.15) is 5.60 Å². The van der Waals surface area contributed by atoms with E-state index in [1.54, 1.807) is 0 Å². The molecule has 92 valence electrons. The summed E-state index contributed by atoms with van der Waals surface area (Å²) in [6, 6.07) is -0.0453. The first-order valence-corrected chi connectivity index (χ1v) is 5.56. The molecule has 2 atom stereocenters. The van der Waals surface area contributed by atoms with Crippen LogP contribution in [0.5, 0.6) is 0 Å². The molecule has 2 unspecified atom stereocenters. The van der Waals surface area contributed by atoms with Crippen molar-refractivity contribution in [3.8, 4) is 0 Å². The minimum absolute atomic E-state index is 0.00183. The van der Waals surface area contributed by atoms with Gasteiger partial charge in [-0.2, -0.15) is 0 Å². The molecule has 0 radical (unpaired) electrons. The highest BCUT2D eigenvalue weighted by Gasteiger charge is 2.27. The molecule has 1 aliphatic rings. The van der Waals surface area contributed by atoms with Crippen molar-refractivity contribution in [2.75, 3.05) is 6.61 Å². The van der Waals surface area contributed by atoms with Crippen molar-refractivity contribution in [1.29, 1.82) is 0 Å². The molecule has 16 heavy (non-hydrogen) atoms. The van der Waals surface area contributed by atoms with E-state index in [0.29, 0.717) is 6.61 Å². The third kappa shape index (κ3) is 4.23. The van der Waals surface area contributed by atoms with Crippen LogP contribution >= 0.6 is 0 Å². The summed E-state index contributed by atoms with van der Waals surface area (Å²) in [6.45, 7) is 11.9. The normalized spacial score (nSPS) is 26.4. The Balaban J connectivity index is 2.46. The lowest BCUT2D eigenvalue weighted by atomic mass is 10.0. The van der Waals surface area contributed by atoms with Crippen LogP contribution in [0.15, 0.2) is 12.2 Å². The van der Waals surface area contributed by atoms with Gasteiger partial charge in [0, 0.05) is 0 Å². The van der Waals surface area contributed by atoms with E-state index in [1.165, 1.54) is 0 Å². The van der Waals surface area contributed by atoms with Crippen LogP contribution in [0.1, 0.15) is 34.1 Å². The summed E-state index contributed by atoms with van der Waals surface area (Å²) in [5.41, 5.74) is 0.527. The smallest absolute Gasteiger partial charge is 0.407 e. The first-order chi connectivity index (χ1) is 7.28. The number of ether oxygens (including phenoxy) is 2. The highest BCUT2D eigenvalue weighted by atomic mass is 16.6. The van der Waals surface area contributed by atoms with Gasteiger partial charge in [-0.25, -0.2) is 4.79 Å². The fraction of sp³-hybridized carbons (Fsp3) is 0.750. The molecule has 0 saturated carbocycles. The number of hydrogen-bond acceptors (Lipinski definition) is 3. The van der Waals surface area contributed by atoms with Gasteiger partial charge < -0.3 is 14.8 Å². The Bertz CT molecular complexity index is 280. The first kappa shape index (κ1) is 13.0. The zero-order chi connectivity index (χ0) is 12.3. The summed E-state index contributed by atoms with van der Waals surface area (Å²) in [5, 5.41) is 2.81. The zero-order valence-corrected chi connectivity index (χ0v) is 10.5. The molecule has 0 aromatic carbocycles. The second-order valence-electron chi connectivity index (χ2n) is 5.22. The Morgan fingerprint density at radius 3 is 2.75 bits per heavy atom. The molecule has 1 amide bonds. The van der Waals surface area contributed by atoms with Crippen LogP contribution in [-0.4, -0.2) is 30.4 Å². The lowest BCUT2D eigenvalue weighted by Crippen LogP contribution is -2.47. The van der Waals surface area contributed by atoms with E-state index in [-0.39, 0.29) is 12.1 Å². The van der Waals surface area contributed by atoms with Crippen LogP contribution in [0.3, 0.4) is 0 Å². The molecule has 0 bridgehead atoms. The van der Waals surface area contributed by atoms with Gasteiger partial charge in [0.25, 0.3) is 0 Å². The molecular formula is C12H21NO3. The SMILES string of the molecule is C=C1COC(C)C(NC(=O)OC(C)(C)C)C1. The average molecular weight is 227 g/mol. The molecule has 1 N–H and O–H groups in total. The second kappa shape index (κ2) is 4.87. The Morgan fingerprint density at radius 2 is 2.19 bits per heavy atom. The van der Waals surface area contributed by atoms with Crippen molar-refractivity contribution in [1.82, 2.24) is 5.32 Å². The minimum Gasteiger partial charge on any atom is -0.444 e. The van der Waals surface area contributed by atoms with E-state index in [0.717, 1.165) is 12.0 Å². The highest BCUT2D eigenvalue weighted by molar-refractivity contribution is 5.68. The first-order valence-electron chi connectivity index (χ1n) is 5.56. The third-order valence-corrected chi connectivity index (χ3v) is 2.33. The monoisotopic (exact) mass is 227 g/mol. The van der Waals surface area contributed by atoms with Crippen LogP contribution < -0.4 is 5.32 Å². The molecule has 1 fully saturated rings. The summed E-state index contributed by atoms with van der Waals surface area (Å²) in [7, 11) is 0. The predicted molar refractivity (Wildman–Crippen MR) is 62.3 cm³/mol. The van der Waals surface area contributed by atoms with Gasteiger partial charge in [-0.05, 0) is 39.7 Å². The molecule has 1 saturated heterocycles. The third-order valence-electron chi connectivity index (χ3n) is 2.33. The zero-order valence-electron chi connectivity index (χ0n) is 10.5. The maximum Gasteiger partial charge on any atom is 0.407 e. The summed E-state index contributed by atoms with van der Waals surface area (Å²) < 4.78 is 10.7. The van der Waals surface area contributed by atoms with E-state index >= 15 is 0 Å². The molecule has 1 rings (SSSR count). The molecule has 4 nitrogen and oxygen atoms in total. The van der Waals surface area contributed by atoms with Crippen LogP contribution in [0.25, 0.3) is 0 Å². The van der Waals surface area contributed by atoms with E-state index < -0.39 is 11.7 Å². The van der Waals surface area contributed by atoms with Gasteiger partial charge in [0.2, 0.25) is 0 Å². The number of rotatable bonds is 1. The summed E-state index contributed by atoms with van der Waals surface area (Å²) in [6.07, 6.45) is 0.348. The molecule has 4 heteroatoms. The van der Waals surface area contributed by atoms with Crippen LogP contribution in [0.2, 0.25) is 0 Å². The molecule has 0 aromatic rings. The molecular weight excluding hydrogens is 206 g/mol. The molecule has 0 spiro atoms. The van der Waals surface area contributed by atoms with E-state index in [1.807, 2.05) is 27.7 Å². The quantitative estimate of drug-likeness (QED) is 0.699. The average Bonchev–Trinajstić information content (AvgIpc) is 2.08. The number of nitrogens with one attached hydrogen (secondary N) is 1. The van der Waals surface area contributed by atoms with Gasteiger partial charge in [-0.3, -0.25) is 0 Å². The fourth-order valence-electron chi connectivity index (χ4n) is 1.53. The van der Waals surface area contributed by atoms with Crippen molar-refractivity contribution in [3.05, 3.63) is 12.2 Å². The van der Waals surface area contributed by atoms with E-state index in [4.69, 9.17) is 9.47 Å². The van der Waals surface area contributed by atoms with Crippen LogP contribution in [-0.2, 0) is 9.47 Å². The van der Waals surface area contributed by atoms with Gasteiger partial charge >= 0.3 is 6.09 Å². The number of carbonyl (C=O) groups excluding carboxylic acids is 1. The summed E-state index contributed by atoms with van der Waals surface area (Å²) >= 11 is 0. The van der Waals surface area contributed by atoms with Gasteiger partial charge in [0.15, 0.2) is 0 Å². The number of hydrogen-bond donors (Lipinski definition) is 1. The molecule has 0 aromatic heterocycles. The van der Waals surface area contributed by atoms with Crippen molar-refractivity contribution in [2.24, 2.45) is 0 Å². The van der Waals surface area contributed by atoms with Crippen LogP contribution in [0, 0.1) is 0 Å². The molecule has 1 heterocycles. The topological polar surface area (TPSA) is 47.6 Å². The van der Waals surface area contributed by atoms with Gasteiger partial charge in [-0.1, -0.05) is 6.58 Å². The standard InChI is InChI=1S/C12H21NO3/c1-8-6-10(9(2)15-7-8)13-11(14)16-12(3,4)5/h9-10H,1,6-7H2,2-5H3,(H,13,14). The van der Waals surface area contributed by atoms with Crippen molar-refractivity contribution in [3.63, 3.8) is 0 Å². The Morgan fingerprint density at radius 1 is 1.56 bits per heavy atom. The van der Waals surface area contributed by atoms with Crippen LogP contribution in [0.4, 0.5) is 4.79 Å². The lowest BCUT2D eigenvalue weighted by molar-refractivity contribution is 0.0151. The van der Waals surface area contributed by atoms with Crippen molar-refractivity contribution >= 4 is 6.09 Å². The number of alkyl carbamates (subject to hydrolysis) is 1. The lowest BCUT2D eigenvalue weighted by Gasteiger charge is -2.31. The predicted octanol–water partition coefficient (Wildman–Crippen LogP) is 2.24. The number of carbonyl (C=O) groups is 1. The second-order valence-corrected chi connectivity index (χ2v) is 5.22. The molecule has 1 aliphatic heterocycles. The Kier molecular flexibility index (Phi) is 3.97. The van der Waals surface area contributed by atoms with Gasteiger partial charge in [0.05, 0.1) is 18.8 Å². The Hall–Kier alpha value is -1.03. The summed E-state index contributed by atoms with van der Waals surface area (Å²) in [5.74, 6) is 0. The highest BCUT2D eigenvalue weighted by Crippen LogP contribution is 2.17. The Labute approximate surface area is 97.0 Å².